The number of benzene rings is 2. The standard InChI is InChI=1S/C16H9Cl2FN2O3/c17-9-4-10(18)6-11(5-9)20-16(23)13-7-15(24-21-13)8-1-2-12(19)14(22)3-8/h1-7,22H,(H,20,23). The highest BCUT2D eigenvalue weighted by atomic mass is 35.5. The molecule has 122 valence electrons. The summed E-state index contributed by atoms with van der Waals surface area (Å²) in [4.78, 5) is 12.2. The predicted molar refractivity (Wildman–Crippen MR) is 88.0 cm³/mol. The lowest BCUT2D eigenvalue weighted by atomic mass is 10.1. The van der Waals surface area contributed by atoms with Crippen LogP contribution in [0.5, 0.6) is 5.75 Å². The van der Waals surface area contributed by atoms with Gasteiger partial charge in [-0.15, -0.1) is 0 Å². The van der Waals surface area contributed by atoms with E-state index in [1.165, 1.54) is 36.4 Å². The zero-order valence-corrected chi connectivity index (χ0v) is 13.4. The summed E-state index contributed by atoms with van der Waals surface area (Å²) in [5.74, 6) is -1.60. The van der Waals surface area contributed by atoms with Gasteiger partial charge in [0, 0.05) is 27.4 Å². The number of phenolic OH excluding ortho intramolecular Hbond substituents is 1. The maximum absolute atomic E-state index is 13.1. The predicted octanol–water partition coefficient (Wildman–Crippen LogP) is 4.75. The minimum atomic E-state index is -0.755. The van der Waals surface area contributed by atoms with Gasteiger partial charge in [-0.1, -0.05) is 28.4 Å². The third kappa shape index (κ3) is 3.50. The van der Waals surface area contributed by atoms with Gasteiger partial charge in [-0.3, -0.25) is 4.79 Å². The largest absolute Gasteiger partial charge is 0.505 e. The van der Waals surface area contributed by atoms with Gasteiger partial charge in [0.1, 0.15) is 0 Å². The third-order valence-corrected chi connectivity index (χ3v) is 3.53. The number of phenols is 1. The molecule has 0 saturated heterocycles. The second-order valence-electron chi connectivity index (χ2n) is 4.85. The van der Waals surface area contributed by atoms with Crippen molar-refractivity contribution in [2.75, 3.05) is 5.32 Å². The Morgan fingerprint density at radius 2 is 1.83 bits per heavy atom. The minimum Gasteiger partial charge on any atom is -0.505 e. The number of amides is 1. The van der Waals surface area contributed by atoms with Crippen LogP contribution in [-0.4, -0.2) is 16.2 Å². The van der Waals surface area contributed by atoms with Gasteiger partial charge in [0.15, 0.2) is 23.0 Å². The lowest BCUT2D eigenvalue weighted by Gasteiger charge is -2.03. The molecule has 0 bridgehead atoms. The van der Waals surface area contributed by atoms with Crippen molar-refractivity contribution in [2.45, 2.75) is 0 Å². The lowest BCUT2D eigenvalue weighted by molar-refractivity contribution is 0.101. The molecule has 0 atom stereocenters. The molecule has 5 nitrogen and oxygen atoms in total. The topological polar surface area (TPSA) is 75.4 Å². The normalized spacial score (nSPS) is 10.6. The van der Waals surface area contributed by atoms with Crippen molar-refractivity contribution >= 4 is 34.8 Å². The van der Waals surface area contributed by atoms with Crippen LogP contribution >= 0.6 is 23.2 Å². The SMILES string of the molecule is O=C(Nc1cc(Cl)cc(Cl)c1)c1cc(-c2ccc(F)c(O)c2)on1. The molecule has 0 aliphatic carbocycles. The van der Waals surface area contributed by atoms with Gasteiger partial charge >= 0.3 is 0 Å². The molecule has 0 spiro atoms. The van der Waals surface area contributed by atoms with Crippen LogP contribution in [0.3, 0.4) is 0 Å². The number of carbonyl (C=O) groups excluding carboxylic acids is 1. The molecule has 1 aromatic heterocycles. The highest BCUT2D eigenvalue weighted by molar-refractivity contribution is 6.35. The summed E-state index contributed by atoms with van der Waals surface area (Å²) in [5.41, 5.74) is 0.789. The van der Waals surface area contributed by atoms with Crippen molar-refractivity contribution in [3.8, 4) is 17.1 Å². The van der Waals surface area contributed by atoms with E-state index in [0.29, 0.717) is 21.3 Å². The first kappa shape index (κ1) is 16.3. The number of anilines is 1. The summed E-state index contributed by atoms with van der Waals surface area (Å²) in [6.07, 6.45) is 0. The first-order valence-electron chi connectivity index (χ1n) is 6.65. The Morgan fingerprint density at radius 3 is 2.50 bits per heavy atom. The van der Waals surface area contributed by atoms with Crippen LogP contribution < -0.4 is 5.32 Å². The molecule has 8 heteroatoms. The second kappa shape index (κ2) is 6.51. The number of carbonyl (C=O) groups is 1. The quantitative estimate of drug-likeness (QED) is 0.701. The lowest BCUT2D eigenvalue weighted by Crippen LogP contribution is -2.12. The third-order valence-electron chi connectivity index (χ3n) is 3.09. The van der Waals surface area contributed by atoms with Crippen LogP contribution in [0.2, 0.25) is 10.0 Å². The van der Waals surface area contributed by atoms with E-state index in [9.17, 15) is 14.3 Å². The molecule has 1 heterocycles. The number of aromatic nitrogens is 1. The van der Waals surface area contributed by atoms with Crippen molar-refractivity contribution in [3.05, 3.63) is 64.0 Å². The number of nitrogens with zero attached hydrogens (tertiary/aromatic N) is 1. The highest BCUT2D eigenvalue weighted by Crippen LogP contribution is 2.27. The summed E-state index contributed by atoms with van der Waals surface area (Å²) >= 11 is 11.7. The van der Waals surface area contributed by atoms with Gasteiger partial charge in [-0.25, -0.2) is 4.39 Å². The number of nitrogens with one attached hydrogen (secondary N) is 1. The van der Waals surface area contributed by atoms with E-state index in [1.807, 2.05) is 0 Å². The smallest absolute Gasteiger partial charge is 0.277 e. The molecule has 0 unspecified atom stereocenters. The van der Waals surface area contributed by atoms with E-state index in [-0.39, 0.29) is 11.5 Å². The maximum Gasteiger partial charge on any atom is 0.277 e. The van der Waals surface area contributed by atoms with Crippen LogP contribution in [-0.2, 0) is 0 Å². The highest BCUT2D eigenvalue weighted by Gasteiger charge is 2.15. The summed E-state index contributed by atoms with van der Waals surface area (Å²) in [7, 11) is 0. The van der Waals surface area contributed by atoms with Gasteiger partial charge in [0.25, 0.3) is 5.91 Å². The molecule has 24 heavy (non-hydrogen) atoms. The van der Waals surface area contributed by atoms with Crippen molar-refractivity contribution < 1.29 is 18.8 Å². The van der Waals surface area contributed by atoms with Crippen LogP contribution in [0.15, 0.2) is 47.0 Å². The Balaban J connectivity index is 1.81. The number of rotatable bonds is 3. The zero-order valence-electron chi connectivity index (χ0n) is 11.9. The Morgan fingerprint density at radius 1 is 1.12 bits per heavy atom. The monoisotopic (exact) mass is 366 g/mol. The van der Waals surface area contributed by atoms with Crippen LogP contribution in [0.25, 0.3) is 11.3 Å². The Labute approximate surface area is 145 Å². The molecule has 0 fully saturated rings. The van der Waals surface area contributed by atoms with Crippen LogP contribution in [0.4, 0.5) is 10.1 Å². The molecule has 3 rings (SSSR count). The molecule has 2 N–H and O–H groups in total. The van der Waals surface area contributed by atoms with Crippen molar-refractivity contribution in [1.82, 2.24) is 5.16 Å². The second-order valence-corrected chi connectivity index (χ2v) is 5.73. The summed E-state index contributed by atoms with van der Waals surface area (Å²) in [6.45, 7) is 0. The van der Waals surface area contributed by atoms with E-state index in [1.54, 1.807) is 0 Å². The maximum atomic E-state index is 13.1. The van der Waals surface area contributed by atoms with E-state index in [4.69, 9.17) is 27.7 Å². The zero-order chi connectivity index (χ0) is 17.3. The van der Waals surface area contributed by atoms with Crippen LogP contribution in [0.1, 0.15) is 10.5 Å². The van der Waals surface area contributed by atoms with E-state index < -0.39 is 17.5 Å². The number of hydrogen-bond donors (Lipinski definition) is 2. The summed E-state index contributed by atoms with van der Waals surface area (Å²) in [5, 5.41) is 16.4. The summed E-state index contributed by atoms with van der Waals surface area (Å²) in [6, 6.07) is 9.62. The molecule has 2 aromatic carbocycles. The van der Waals surface area contributed by atoms with Gasteiger partial charge in [-0.2, -0.15) is 0 Å². The Kier molecular flexibility index (Phi) is 4.42. The van der Waals surface area contributed by atoms with Crippen LogP contribution in [0, 0.1) is 5.82 Å². The van der Waals surface area contributed by atoms with Crippen molar-refractivity contribution in [3.63, 3.8) is 0 Å². The van der Waals surface area contributed by atoms with Gasteiger partial charge < -0.3 is 14.9 Å². The van der Waals surface area contributed by atoms with Crippen molar-refractivity contribution in [2.24, 2.45) is 0 Å². The fraction of sp³-hybridized carbons (Fsp3) is 0. The Bertz CT molecular complexity index is 907. The summed E-state index contributed by atoms with van der Waals surface area (Å²) < 4.78 is 18.1. The van der Waals surface area contributed by atoms with E-state index in [0.717, 1.165) is 6.07 Å². The van der Waals surface area contributed by atoms with Gasteiger partial charge in [0.2, 0.25) is 0 Å². The number of aromatic hydroxyl groups is 1. The Hall–Kier alpha value is -2.57. The fourth-order valence-corrected chi connectivity index (χ4v) is 2.53. The molecule has 1 amide bonds. The first-order valence-corrected chi connectivity index (χ1v) is 7.41. The minimum absolute atomic E-state index is 0.00455. The molecule has 3 aromatic rings. The average molecular weight is 367 g/mol. The van der Waals surface area contributed by atoms with E-state index >= 15 is 0 Å². The van der Waals surface area contributed by atoms with Gasteiger partial charge in [-0.05, 0) is 36.4 Å². The molecular formula is C16H9Cl2FN2O3. The van der Waals surface area contributed by atoms with E-state index in [2.05, 4.69) is 10.5 Å². The molecule has 0 radical (unpaired) electrons. The van der Waals surface area contributed by atoms with Gasteiger partial charge in [0.05, 0.1) is 0 Å². The number of hydrogen-bond acceptors (Lipinski definition) is 4. The molecule has 0 aliphatic heterocycles. The average Bonchev–Trinajstić information content (AvgIpc) is 2.99. The van der Waals surface area contributed by atoms with Crippen molar-refractivity contribution in [1.29, 1.82) is 0 Å². The first-order chi connectivity index (χ1) is 11.4. The fourth-order valence-electron chi connectivity index (χ4n) is 2.01. The number of halogens is 3. The molecule has 0 saturated carbocycles. The molecular weight excluding hydrogens is 358 g/mol. The molecule has 0 aliphatic rings.